The minimum absolute atomic E-state index is 0.0352. The second kappa shape index (κ2) is 32.6. The number of nitrogens with one attached hydrogen (secondary N) is 7. The number of Topliss-reactive ketones (excluding diaryl/α,β-unsaturated/α-hetero) is 2. The van der Waals surface area contributed by atoms with Gasteiger partial charge in [-0.15, -0.1) is 0 Å². The highest BCUT2D eigenvalue weighted by molar-refractivity contribution is 6.01. The first-order chi connectivity index (χ1) is 54.9. The van der Waals surface area contributed by atoms with E-state index in [1.807, 2.05) is 85.1 Å². The van der Waals surface area contributed by atoms with Crippen LogP contribution in [0.15, 0.2) is 163 Å². The predicted octanol–water partition coefficient (Wildman–Crippen LogP) is 13.4. The van der Waals surface area contributed by atoms with Gasteiger partial charge in [0.1, 0.15) is 22.1 Å². The van der Waals surface area contributed by atoms with Gasteiger partial charge in [-0.2, -0.15) is 19.9 Å². The number of aryl methyl sites for hydroxylation is 4. The topological polar surface area (TPSA) is 443 Å². The molecule has 0 atom stereocenters. The number of carbonyl (C=O) groups is 6. The Hall–Kier alpha value is -14.2. The molecule has 0 bridgehead atoms. The molecule has 8 aromatic carbocycles. The van der Waals surface area contributed by atoms with Gasteiger partial charge in [-0.05, 0) is 199 Å². The van der Waals surface area contributed by atoms with E-state index in [0.717, 1.165) is 46.0 Å². The molecule has 8 heterocycles. The molecule has 33 nitrogen and oxygen atoms in total. The SMILES string of the molecule is CC(=O)c1ccc2nc(Nc3nc4cc(C(=O)O)ccc4n3C)oc2c1.CCCNC(=O)c1ccc2c(c1)nc(Nc1nc3ccc(C(C)(C)O)cc3o1)n2C.CCCNC(=O)c1ccc2c(c1)nc(Nc1nc3ccc(C(C)=O)cc3o1)n2C.Cn1c(Nc2nc3ccc(C(C)(C)O)cc3o2)nc2cc(C(=O)NCCO)ccc21. The highest BCUT2D eigenvalue weighted by Gasteiger charge is 2.24. The minimum Gasteiger partial charge on any atom is -0.478 e. The van der Waals surface area contributed by atoms with E-state index in [2.05, 4.69) is 77.1 Å². The number of aliphatic hydroxyl groups is 3. The van der Waals surface area contributed by atoms with Gasteiger partial charge in [-0.1, -0.05) is 26.0 Å². The quantitative estimate of drug-likeness (QED) is 0.0281. The fourth-order valence-corrected chi connectivity index (χ4v) is 12.2. The van der Waals surface area contributed by atoms with Crippen molar-refractivity contribution in [2.75, 3.05) is 47.5 Å². The van der Waals surface area contributed by atoms with Crippen LogP contribution in [0.1, 0.15) is 142 Å². The summed E-state index contributed by atoms with van der Waals surface area (Å²) in [6.45, 7) is 15.2. The number of rotatable bonds is 22. The Kier molecular flexibility index (Phi) is 22.4. The molecule has 16 aromatic rings. The van der Waals surface area contributed by atoms with Gasteiger partial charge >= 0.3 is 30.0 Å². The summed E-state index contributed by atoms with van der Waals surface area (Å²) < 4.78 is 30.3. The van der Waals surface area contributed by atoms with E-state index in [9.17, 15) is 39.0 Å². The molecule has 590 valence electrons. The fourth-order valence-electron chi connectivity index (χ4n) is 12.2. The second-order valence-corrected chi connectivity index (χ2v) is 28.1. The van der Waals surface area contributed by atoms with Crippen LogP contribution in [0.3, 0.4) is 0 Å². The lowest BCUT2D eigenvalue weighted by Gasteiger charge is -2.16. The Morgan fingerprint density at radius 3 is 0.904 bits per heavy atom. The Labute approximate surface area is 654 Å². The van der Waals surface area contributed by atoms with Crippen LogP contribution in [0.4, 0.5) is 47.9 Å². The van der Waals surface area contributed by atoms with E-state index in [1.54, 1.807) is 136 Å². The van der Waals surface area contributed by atoms with Crippen molar-refractivity contribution in [3.05, 3.63) is 190 Å². The van der Waals surface area contributed by atoms with Crippen LogP contribution >= 0.6 is 0 Å². The summed E-state index contributed by atoms with van der Waals surface area (Å²) in [5.74, 6) is 0.451. The first-order valence-corrected chi connectivity index (χ1v) is 36.6. The molecule has 8 aromatic heterocycles. The van der Waals surface area contributed by atoms with Gasteiger partial charge in [-0.3, -0.25) is 45.2 Å². The van der Waals surface area contributed by atoms with Gasteiger partial charge < -0.3 is 72.3 Å². The molecule has 33 heteroatoms. The van der Waals surface area contributed by atoms with Crippen LogP contribution in [0.5, 0.6) is 0 Å². The number of anilines is 8. The number of aromatic carboxylic acids is 1. The Morgan fingerprint density at radius 1 is 0.357 bits per heavy atom. The van der Waals surface area contributed by atoms with Crippen molar-refractivity contribution in [1.29, 1.82) is 0 Å². The first-order valence-electron chi connectivity index (χ1n) is 36.6. The molecule has 0 spiro atoms. The van der Waals surface area contributed by atoms with E-state index in [-0.39, 0.29) is 66.0 Å². The number of amides is 3. The molecule has 0 saturated heterocycles. The number of aliphatic hydroxyl groups excluding tert-OH is 1. The molecule has 16 rings (SSSR count). The van der Waals surface area contributed by atoms with Gasteiger partial charge in [-0.25, -0.2) is 24.7 Å². The van der Waals surface area contributed by atoms with Crippen molar-refractivity contribution in [3.8, 4) is 0 Å². The standard InChI is InChI=1S/C22H25N5O3.C21H23N5O4.C21H21N5O3.C18H14N4O4/c1-5-10-23-19(28)13-6-9-17-16(11-13)24-20(27(17)4)26-21-25-15-8-7-14(22(2,3)29)12-18(15)30-21;1-21(2,29)13-5-6-14-17(11-13)30-20(24-14)25-19-23-15-10-12(18(28)22-8-9-27)4-7-16(15)26(19)3;1-4-9-22-19(28)14-6-8-17-16(10-14)23-20(26(17)3)25-21-24-15-7-5-13(12(2)27)11-18(15)29-21;1-9(23)10-3-5-12-15(8-10)26-18(20-12)21-17-19-13-7-11(16(24)25)4-6-14(13)22(17)2/h6-9,11-12,29H,5,10H2,1-4H3,(H,23,28)(H,24,25,26);4-7,10-11,27,29H,8-9H2,1-3H3,(H,22,28)(H,23,24,25);5-8,10-11H,4,9H2,1-3H3,(H,22,28)(H,23,24,25);3-8H,1-2H3,(H,24,25)(H,19,20,21). The summed E-state index contributed by atoms with van der Waals surface area (Å²) in [4.78, 5) is 106. The number of carboxylic acids is 1. The predicted molar refractivity (Wildman–Crippen MR) is 434 cm³/mol. The van der Waals surface area contributed by atoms with E-state index in [0.29, 0.717) is 137 Å². The zero-order valence-electron chi connectivity index (χ0n) is 64.8. The summed E-state index contributed by atoms with van der Waals surface area (Å²) in [6, 6.07) is 42.8. The first kappa shape index (κ1) is 78.9. The molecule has 0 saturated carbocycles. The third-order valence-electron chi connectivity index (χ3n) is 18.7. The molecule has 0 aliphatic rings. The highest BCUT2D eigenvalue weighted by atomic mass is 16.4. The molecule has 11 N–H and O–H groups in total. The van der Waals surface area contributed by atoms with Crippen LogP contribution in [-0.4, -0.2) is 140 Å². The molecule has 0 radical (unpaired) electrons. The van der Waals surface area contributed by atoms with Crippen molar-refractivity contribution in [2.45, 2.75) is 79.4 Å². The number of oxazole rings is 4. The summed E-state index contributed by atoms with van der Waals surface area (Å²) in [7, 11) is 7.39. The van der Waals surface area contributed by atoms with E-state index in [4.69, 9.17) is 27.9 Å². The third kappa shape index (κ3) is 17.5. The second-order valence-electron chi connectivity index (χ2n) is 28.1. The average Bonchev–Trinajstić information content (AvgIpc) is 1.64. The van der Waals surface area contributed by atoms with Gasteiger partial charge in [0, 0.05) is 75.6 Å². The Morgan fingerprint density at radius 2 is 0.626 bits per heavy atom. The monoisotopic (exact) mass is 1560 g/mol. The fraction of sp³-hybridized carbons (Fsp3) is 0.244. The Bertz CT molecular complexity index is 6240. The Balaban J connectivity index is 0.000000134. The summed E-state index contributed by atoms with van der Waals surface area (Å²) in [5.41, 5.74) is 13.1. The van der Waals surface area contributed by atoms with Gasteiger partial charge in [0.25, 0.3) is 17.7 Å². The lowest BCUT2D eigenvalue weighted by molar-refractivity contribution is 0.0694. The van der Waals surface area contributed by atoms with Crippen LogP contribution < -0.4 is 37.2 Å². The largest absolute Gasteiger partial charge is 0.478 e. The number of hydrogen-bond donors (Lipinski definition) is 11. The number of carbonyl (C=O) groups excluding carboxylic acids is 5. The van der Waals surface area contributed by atoms with Crippen molar-refractivity contribution in [2.24, 2.45) is 28.2 Å². The molecule has 0 fully saturated rings. The summed E-state index contributed by atoms with van der Waals surface area (Å²) in [5, 5.41) is 58.9. The van der Waals surface area contributed by atoms with Crippen molar-refractivity contribution < 1.29 is 66.9 Å². The maximum atomic E-state index is 12.2. The van der Waals surface area contributed by atoms with E-state index >= 15 is 0 Å². The van der Waals surface area contributed by atoms with Crippen molar-refractivity contribution >= 4 is 172 Å². The van der Waals surface area contributed by atoms with E-state index in [1.165, 1.54) is 26.0 Å². The molecule has 115 heavy (non-hydrogen) atoms. The smallest absolute Gasteiger partial charge is 0.335 e. The summed E-state index contributed by atoms with van der Waals surface area (Å²) >= 11 is 0. The normalized spacial score (nSPS) is 11.5. The van der Waals surface area contributed by atoms with Crippen LogP contribution in [0.2, 0.25) is 0 Å². The number of aromatic nitrogens is 12. The number of imidazole rings is 4. The molecule has 3 amide bonds. The van der Waals surface area contributed by atoms with Crippen molar-refractivity contribution in [3.63, 3.8) is 0 Å². The molecular weight excluding hydrogens is 1480 g/mol. The number of carboxylic acid groups (broad SMARTS) is 1. The third-order valence-corrected chi connectivity index (χ3v) is 18.7. The molecule has 0 unspecified atom stereocenters. The van der Waals surface area contributed by atoms with Gasteiger partial charge in [0.05, 0.1) is 67.5 Å². The van der Waals surface area contributed by atoms with Crippen LogP contribution in [-0.2, 0) is 39.4 Å². The number of benzene rings is 8. The summed E-state index contributed by atoms with van der Waals surface area (Å²) in [6.07, 6.45) is 1.76. The lowest BCUT2D eigenvalue weighted by Crippen LogP contribution is -2.26. The minimum atomic E-state index is -1.01. The van der Waals surface area contributed by atoms with Gasteiger partial charge in [0.2, 0.25) is 23.8 Å². The molecular formula is C82H83N19O14. The maximum absolute atomic E-state index is 12.2. The van der Waals surface area contributed by atoms with Crippen LogP contribution in [0, 0.1) is 0 Å². The number of fused-ring (bicyclic) bond motifs is 8. The van der Waals surface area contributed by atoms with E-state index < -0.39 is 17.2 Å². The number of ketones is 2. The van der Waals surface area contributed by atoms with Crippen molar-refractivity contribution in [1.82, 2.24) is 74.1 Å². The van der Waals surface area contributed by atoms with Crippen LogP contribution in [0.25, 0.3) is 88.5 Å². The maximum Gasteiger partial charge on any atom is 0.335 e. The highest BCUT2D eigenvalue weighted by Crippen LogP contribution is 2.34. The molecule has 0 aliphatic carbocycles. The molecule has 0 aliphatic heterocycles. The number of hydrogen-bond acceptors (Lipinski definition) is 25. The average molecular weight is 1560 g/mol. The lowest BCUT2D eigenvalue weighted by atomic mass is 9.98. The zero-order valence-corrected chi connectivity index (χ0v) is 64.8. The number of nitrogens with zero attached hydrogens (tertiary/aromatic N) is 12. The zero-order chi connectivity index (χ0) is 81.9. The van der Waals surface area contributed by atoms with Gasteiger partial charge in [0.15, 0.2) is 33.9 Å².